The second kappa shape index (κ2) is 22.8. The van der Waals surface area contributed by atoms with Crippen LogP contribution in [0.3, 0.4) is 0 Å². The molecule has 15 nitrogen and oxygen atoms in total. The van der Waals surface area contributed by atoms with Crippen molar-refractivity contribution < 1.29 is 68.3 Å². The van der Waals surface area contributed by atoms with Crippen LogP contribution in [0.2, 0.25) is 0 Å². The highest BCUT2D eigenvalue weighted by molar-refractivity contribution is 5.87. The van der Waals surface area contributed by atoms with Gasteiger partial charge in [-0.25, -0.2) is 9.59 Å². The first kappa shape index (κ1) is 51.2. The average molecular weight is 852 g/mol. The third kappa shape index (κ3) is 13.2. The highest BCUT2D eigenvalue weighted by atomic mass is 16.7. The lowest BCUT2D eigenvalue weighted by Gasteiger charge is -2.49. The summed E-state index contributed by atoms with van der Waals surface area (Å²) in [6.07, 6.45) is 1.54. The molecule has 2 saturated heterocycles. The number of rotatable bonds is 10. The number of aliphatic hydroxyl groups excluding tert-OH is 4. The molecule has 3 aliphatic heterocycles. The molecule has 0 aliphatic carbocycles. The maximum absolute atomic E-state index is 13.9. The van der Waals surface area contributed by atoms with E-state index in [1.807, 2.05) is 47.6 Å². The third-order valence-corrected chi connectivity index (χ3v) is 12.5. The van der Waals surface area contributed by atoms with Gasteiger partial charge in [0.1, 0.15) is 12.2 Å². The Kier molecular flexibility index (Phi) is 19.5. The number of aliphatic hydroxyl groups is 5. The number of primary amides is 1. The smallest absolute Gasteiger partial charge is 0.404 e. The number of hydrogen-bond acceptors (Lipinski definition) is 14. The van der Waals surface area contributed by atoms with Gasteiger partial charge < -0.3 is 64.4 Å². The molecule has 0 aromatic heterocycles. The number of amides is 1. The molecule has 18 atom stereocenters. The van der Waals surface area contributed by atoms with E-state index < -0.39 is 103 Å². The Morgan fingerprint density at radius 2 is 1.72 bits per heavy atom. The van der Waals surface area contributed by atoms with Gasteiger partial charge in [0.05, 0.1) is 49.8 Å². The summed E-state index contributed by atoms with van der Waals surface area (Å²) in [4.78, 5) is 25.3. The third-order valence-electron chi connectivity index (χ3n) is 12.5. The zero-order valence-electron chi connectivity index (χ0n) is 37.5. The predicted molar refractivity (Wildman–Crippen MR) is 224 cm³/mol. The lowest BCUT2D eigenvalue weighted by atomic mass is 9.77. The summed E-state index contributed by atoms with van der Waals surface area (Å²) < 4.78 is 41.3. The second-order valence-corrected chi connectivity index (χ2v) is 17.3. The molecule has 0 aromatic rings. The van der Waals surface area contributed by atoms with E-state index in [4.69, 9.17) is 38.9 Å². The Hall–Kier alpha value is -3.12. The standard InChI is InChI=1S/C45H73NO14/c1-13-15-33-27(6)36(57-37-21-32(47)42(31(10)56-37)59-44(46)52)22-45(53,60-33)30(9)40(50)29(8)41-34(54-11)17-14-16-23(2)18-25(4)38(48)28(7)39(49)26(5)19-24(3)20-35(55-12)43(51)58-41/h13-17,19-20,25-34,36-42,47-50,53H,18,21-22H2,1-12H3,(H2,46,52)/b15-13+,17-14+,23-16+,24-19+,35-20-/t25-,26-,27-,28+,29+,30+,31?,32?,33-,34+,36-,37?,38+,39-,40-,41-,42?,45-/m1/s1. The minimum Gasteiger partial charge on any atom is -0.490 e. The van der Waals surface area contributed by atoms with Gasteiger partial charge in [-0.1, -0.05) is 89.1 Å². The summed E-state index contributed by atoms with van der Waals surface area (Å²) in [5.74, 6) is -6.06. The first-order valence-corrected chi connectivity index (χ1v) is 21.1. The number of hydrogen-bond donors (Lipinski definition) is 6. The van der Waals surface area contributed by atoms with Crippen LogP contribution in [-0.4, -0.2) is 125 Å². The monoisotopic (exact) mass is 852 g/mol. The second-order valence-electron chi connectivity index (χ2n) is 17.3. The van der Waals surface area contributed by atoms with Crippen molar-refractivity contribution in [3.63, 3.8) is 0 Å². The molecule has 0 spiro atoms. The van der Waals surface area contributed by atoms with Crippen LogP contribution in [-0.2, 0) is 38.0 Å². The fourth-order valence-electron chi connectivity index (χ4n) is 8.64. The van der Waals surface area contributed by atoms with E-state index in [0.717, 1.165) is 5.57 Å². The predicted octanol–water partition coefficient (Wildman–Crippen LogP) is 4.59. The fourth-order valence-corrected chi connectivity index (χ4v) is 8.64. The van der Waals surface area contributed by atoms with Crippen molar-refractivity contribution in [1.29, 1.82) is 0 Å². The minimum absolute atomic E-state index is 0.0314. The SMILES string of the molecule is C/C=C/[C@H]1O[C@@](O)([C@@H](C)[C@H](O)[C@H](C)[C@H]2OC(=O)/C(OC)=C/C(C)=C/[C@@H](C)[C@@H](O)[C@@H](C)[C@@H](O)[C@H](C)C/C(C)=C/C=C/[C@@H]2OC)C[C@@H](OC2CC(O)C(OC(N)=O)C(C)O2)[C@@H]1C. The topological polar surface area (TPSA) is 226 Å². The Balaban J connectivity index is 1.99. The molecular formula is C45H73NO14. The van der Waals surface area contributed by atoms with Crippen LogP contribution >= 0.6 is 0 Å². The van der Waals surface area contributed by atoms with E-state index in [9.17, 15) is 35.1 Å². The normalized spacial score (nSPS) is 42.7. The largest absolute Gasteiger partial charge is 0.490 e. The van der Waals surface area contributed by atoms with E-state index in [0.29, 0.717) is 12.0 Å². The fraction of sp³-hybridized carbons (Fsp3) is 0.733. The van der Waals surface area contributed by atoms with E-state index >= 15 is 0 Å². The lowest BCUT2D eigenvalue weighted by Crippen LogP contribution is -2.59. The number of ether oxygens (including phenoxy) is 7. The minimum atomic E-state index is -1.97. The first-order chi connectivity index (χ1) is 28.1. The van der Waals surface area contributed by atoms with Crippen LogP contribution in [0, 0.1) is 35.5 Å². The van der Waals surface area contributed by atoms with Crippen molar-refractivity contribution in [3.05, 3.63) is 59.4 Å². The molecule has 0 radical (unpaired) electrons. The molecule has 0 bridgehead atoms. The summed E-state index contributed by atoms with van der Waals surface area (Å²) in [5.41, 5.74) is 6.76. The summed E-state index contributed by atoms with van der Waals surface area (Å²) in [5, 5.41) is 57.6. The van der Waals surface area contributed by atoms with E-state index in [1.54, 1.807) is 58.1 Å². The molecule has 1 amide bonds. The van der Waals surface area contributed by atoms with Gasteiger partial charge in [-0.2, -0.15) is 0 Å². The Morgan fingerprint density at radius 1 is 1.05 bits per heavy atom. The Labute approximate surface area is 356 Å². The van der Waals surface area contributed by atoms with Crippen LogP contribution in [0.4, 0.5) is 4.79 Å². The summed E-state index contributed by atoms with van der Waals surface area (Å²) >= 11 is 0. The Morgan fingerprint density at radius 3 is 2.30 bits per heavy atom. The van der Waals surface area contributed by atoms with Crippen molar-refractivity contribution in [2.24, 2.45) is 41.2 Å². The van der Waals surface area contributed by atoms with Gasteiger partial charge in [0.25, 0.3) is 0 Å². The lowest BCUT2D eigenvalue weighted by molar-refractivity contribution is -0.338. The van der Waals surface area contributed by atoms with E-state index in [-0.39, 0.29) is 36.4 Å². The molecule has 60 heavy (non-hydrogen) atoms. The molecule has 0 aromatic carbocycles. The zero-order valence-corrected chi connectivity index (χ0v) is 37.5. The van der Waals surface area contributed by atoms with Gasteiger partial charge >= 0.3 is 12.1 Å². The molecule has 342 valence electrons. The quantitative estimate of drug-likeness (QED) is 0.131. The number of esters is 1. The van der Waals surface area contributed by atoms with Crippen molar-refractivity contribution in [2.45, 2.75) is 162 Å². The Bertz CT molecular complexity index is 1550. The van der Waals surface area contributed by atoms with Gasteiger partial charge in [-0.05, 0) is 46.1 Å². The van der Waals surface area contributed by atoms with E-state index in [2.05, 4.69) is 0 Å². The number of cyclic esters (lactones) is 1. The molecule has 15 heteroatoms. The summed E-state index contributed by atoms with van der Waals surface area (Å²) in [6, 6.07) is 0. The molecular weight excluding hydrogens is 778 g/mol. The van der Waals surface area contributed by atoms with Gasteiger partial charge in [0.15, 0.2) is 18.2 Å². The van der Waals surface area contributed by atoms with Crippen LogP contribution in [0.25, 0.3) is 0 Å². The van der Waals surface area contributed by atoms with Gasteiger partial charge in [-0.15, -0.1) is 0 Å². The molecule has 0 saturated carbocycles. The van der Waals surface area contributed by atoms with E-state index in [1.165, 1.54) is 20.3 Å². The highest BCUT2D eigenvalue weighted by Gasteiger charge is 2.52. The maximum Gasteiger partial charge on any atom is 0.404 e. The molecule has 3 rings (SSSR count). The molecule has 3 aliphatic rings. The van der Waals surface area contributed by atoms with Crippen LogP contribution in [0.15, 0.2) is 59.4 Å². The maximum atomic E-state index is 13.9. The number of allylic oxidation sites excluding steroid dienone is 6. The van der Waals surface area contributed by atoms with Crippen molar-refractivity contribution in [3.8, 4) is 0 Å². The molecule has 7 N–H and O–H groups in total. The molecule has 4 unspecified atom stereocenters. The average Bonchev–Trinajstić information content (AvgIpc) is 3.18. The number of methoxy groups -OCH3 is 2. The molecule has 2 fully saturated rings. The first-order valence-electron chi connectivity index (χ1n) is 21.1. The summed E-state index contributed by atoms with van der Waals surface area (Å²) in [7, 11) is 2.80. The van der Waals surface area contributed by atoms with Crippen LogP contribution < -0.4 is 5.73 Å². The van der Waals surface area contributed by atoms with Gasteiger partial charge in [0.2, 0.25) is 5.76 Å². The van der Waals surface area contributed by atoms with Crippen molar-refractivity contribution >= 4 is 12.1 Å². The van der Waals surface area contributed by atoms with Gasteiger partial charge in [0, 0.05) is 49.5 Å². The number of carbonyl (C=O) groups is 2. The highest BCUT2D eigenvalue weighted by Crippen LogP contribution is 2.42. The number of carbonyl (C=O) groups excluding carboxylic acids is 2. The van der Waals surface area contributed by atoms with Gasteiger partial charge in [-0.3, -0.25) is 0 Å². The zero-order chi connectivity index (χ0) is 45.2. The number of nitrogens with two attached hydrogens (primary N) is 1. The molecule has 3 heterocycles. The van der Waals surface area contributed by atoms with Crippen LogP contribution in [0.5, 0.6) is 0 Å². The van der Waals surface area contributed by atoms with Crippen molar-refractivity contribution in [1.82, 2.24) is 0 Å². The van der Waals surface area contributed by atoms with Crippen molar-refractivity contribution in [2.75, 3.05) is 14.2 Å². The summed E-state index contributed by atoms with van der Waals surface area (Å²) in [6.45, 7) is 18.0. The van der Waals surface area contributed by atoms with Crippen LogP contribution in [0.1, 0.15) is 88.5 Å².